The third kappa shape index (κ3) is 4.16. The number of thiazole rings is 1. The zero-order valence-electron chi connectivity index (χ0n) is 18.4. The maximum atomic E-state index is 13.5. The topological polar surface area (TPSA) is 69.9 Å². The first-order valence-corrected chi connectivity index (χ1v) is 11.1. The summed E-state index contributed by atoms with van der Waals surface area (Å²) >= 11 is 1.31. The molecule has 0 saturated carbocycles. The molecule has 4 rings (SSSR count). The van der Waals surface area contributed by atoms with E-state index in [0.29, 0.717) is 26.4 Å². The Labute approximate surface area is 189 Å². The van der Waals surface area contributed by atoms with Gasteiger partial charge >= 0.3 is 5.97 Å². The number of rotatable bonds is 5. The Hall–Kier alpha value is -3.45. The number of carbonyl (C=O) groups is 1. The molecule has 1 aliphatic heterocycles. The van der Waals surface area contributed by atoms with Crippen LogP contribution < -0.4 is 19.6 Å². The zero-order chi connectivity index (χ0) is 22.8. The van der Waals surface area contributed by atoms with Crippen molar-refractivity contribution < 1.29 is 14.3 Å². The highest BCUT2D eigenvalue weighted by atomic mass is 32.1. The summed E-state index contributed by atoms with van der Waals surface area (Å²) in [4.78, 5) is 31.7. The summed E-state index contributed by atoms with van der Waals surface area (Å²) in [7, 11) is 1.59. The standard InChI is InChI=1S/C25H24N2O4S/c1-15(2)31-24(29)21-16(3)26-25-27(22(21)18-10-12-19(30-4)13-11-18)23(28)20(32-25)14-17-8-6-5-7-9-17/h5-15,22H,1-4H3/b20-14+/t22-/m1/s1. The third-order valence-electron chi connectivity index (χ3n) is 5.11. The minimum atomic E-state index is -0.638. The van der Waals surface area contributed by atoms with Crippen LogP contribution >= 0.6 is 11.3 Å². The lowest BCUT2D eigenvalue weighted by molar-refractivity contribution is -0.143. The van der Waals surface area contributed by atoms with Crippen LogP contribution in [-0.2, 0) is 9.53 Å². The van der Waals surface area contributed by atoms with E-state index in [1.54, 1.807) is 32.4 Å². The Balaban J connectivity index is 1.94. The van der Waals surface area contributed by atoms with Gasteiger partial charge in [0.15, 0.2) is 4.80 Å². The van der Waals surface area contributed by atoms with E-state index in [4.69, 9.17) is 9.47 Å². The largest absolute Gasteiger partial charge is 0.497 e. The van der Waals surface area contributed by atoms with Gasteiger partial charge in [-0.1, -0.05) is 53.8 Å². The molecule has 0 saturated heterocycles. The second-order valence-corrected chi connectivity index (χ2v) is 8.73. The first-order chi connectivity index (χ1) is 15.4. The monoisotopic (exact) mass is 448 g/mol. The predicted molar refractivity (Wildman–Crippen MR) is 124 cm³/mol. The van der Waals surface area contributed by atoms with Gasteiger partial charge < -0.3 is 9.47 Å². The maximum absolute atomic E-state index is 13.5. The van der Waals surface area contributed by atoms with Crippen LogP contribution in [0.2, 0.25) is 0 Å². The summed E-state index contributed by atoms with van der Waals surface area (Å²) in [6.07, 6.45) is 1.56. The van der Waals surface area contributed by atoms with Gasteiger partial charge in [0.05, 0.1) is 35.1 Å². The Bertz CT molecular complexity index is 1350. The molecule has 0 radical (unpaired) electrons. The lowest BCUT2D eigenvalue weighted by atomic mass is 9.96. The molecule has 6 nitrogen and oxygen atoms in total. The summed E-state index contributed by atoms with van der Waals surface area (Å²) in [6.45, 7) is 5.37. The van der Waals surface area contributed by atoms with Crippen LogP contribution in [0.15, 0.2) is 75.7 Å². The molecule has 3 aromatic rings. The van der Waals surface area contributed by atoms with Crippen molar-refractivity contribution in [3.8, 4) is 5.75 Å². The van der Waals surface area contributed by atoms with Gasteiger partial charge in [-0.25, -0.2) is 9.79 Å². The molecule has 32 heavy (non-hydrogen) atoms. The SMILES string of the molecule is COc1ccc([C@@H]2C(C(=O)OC(C)C)=C(C)N=c3s/c(=C/c4ccccc4)c(=O)n32)cc1. The lowest BCUT2D eigenvalue weighted by Gasteiger charge is -2.25. The van der Waals surface area contributed by atoms with Crippen LogP contribution in [-0.4, -0.2) is 23.8 Å². The fourth-order valence-electron chi connectivity index (χ4n) is 3.66. The number of ether oxygens (including phenoxy) is 2. The Morgan fingerprint density at radius 3 is 2.44 bits per heavy atom. The van der Waals surface area contributed by atoms with Crippen LogP contribution in [0.3, 0.4) is 0 Å². The summed E-state index contributed by atoms with van der Waals surface area (Å²) in [6, 6.07) is 16.4. The van der Waals surface area contributed by atoms with E-state index in [1.165, 1.54) is 11.3 Å². The molecule has 164 valence electrons. The van der Waals surface area contributed by atoms with E-state index in [9.17, 15) is 9.59 Å². The van der Waals surface area contributed by atoms with E-state index in [1.807, 2.05) is 60.7 Å². The van der Waals surface area contributed by atoms with Gasteiger partial charge in [0.2, 0.25) is 0 Å². The maximum Gasteiger partial charge on any atom is 0.338 e. The fraction of sp³-hybridized carbons (Fsp3) is 0.240. The first-order valence-electron chi connectivity index (χ1n) is 10.3. The van der Waals surface area contributed by atoms with Gasteiger partial charge in [0, 0.05) is 0 Å². The smallest absolute Gasteiger partial charge is 0.338 e. The van der Waals surface area contributed by atoms with E-state index in [0.717, 1.165) is 11.1 Å². The van der Waals surface area contributed by atoms with Crippen molar-refractivity contribution in [2.45, 2.75) is 32.9 Å². The van der Waals surface area contributed by atoms with Crippen molar-refractivity contribution in [1.29, 1.82) is 0 Å². The molecule has 0 spiro atoms. The van der Waals surface area contributed by atoms with Gasteiger partial charge in [-0.3, -0.25) is 9.36 Å². The van der Waals surface area contributed by atoms with Crippen molar-refractivity contribution in [2.24, 2.45) is 4.99 Å². The summed E-state index contributed by atoms with van der Waals surface area (Å²) in [5.41, 5.74) is 2.42. The predicted octanol–water partition coefficient (Wildman–Crippen LogP) is 3.20. The third-order valence-corrected chi connectivity index (χ3v) is 6.10. The highest BCUT2D eigenvalue weighted by Gasteiger charge is 2.33. The van der Waals surface area contributed by atoms with Gasteiger partial charge in [0.25, 0.3) is 5.56 Å². The van der Waals surface area contributed by atoms with Gasteiger partial charge in [-0.2, -0.15) is 0 Å². The van der Waals surface area contributed by atoms with Crippen molar-refractivity contribution in [1.82, 2.24) is 4.57 Å². The highest BCUT2D eigenvalue weighted by Crippen LogP contribution is 2.31. The molecule has 0 N–H and O–H groups in total. The van der Waals surface area contributed by atoms with Gasteiger partial charge in [-0.05, 0) is 50.1 Å². The average molecular weight is 449 g/mol. The number of fused-ring (bicyclic) bond motifs is 1. The Kier molecular flexibility index (Phi) is 6.10. The van der Waals surface area contributed by atoms with Crippen LogP contribution in [0.1, 0.15) is 37.9 Å². The van der Waals surface area contributed by atoms with E-state index >= 15 is 0 Å². The molecular weight excluding hydrogens is 424 g/mol. The lowest BCUT2D eigenvalue weighted by Crippen LogP contribution is -2.40. The molecule has 2 heterocycles. The minimum Gasteiger partial charge on any atom is -0.497 e. The average Bonchev–Trinajstić information content (AvgIpc) is 3.07. The first kappa shape index (κ1) is 21.8. The molecule has 1 atom stereocenters. The fourth-order valence-corrected chi connectivity index (χ4v) is 4.71. The molecule has 0 unspecified atom stereocenters. The van der Waals surface area contributed by atoms with Crippen molar-refractivity contribution in [3.05, 3.63) is 96.7 Å². The number of methoxy groups -OCH3 is 1. The number of benzene rings is 2. The zero-order valence-corrected chi connectivity index (χ0v) is 19.2. The highest BCUT2D eigenvalue weighted by molar-refractivity contribution is 7.07. The quantitative estimate of drug-likeness (QED) is 0.562. The van der Waals surface area contributed by atoms with Crippen LogP contribution in [0, 0.1) is 0 Å². The molecule has 0 fully saturated rings. The number of allylic oxidation sites excluding steroid dienone is 1. The Morgan fingerprint density at radius 2 is 1.81 bits per heavy atom. The van der Waals surface area contributed by atoms with Crippen molar-refractivity contribution in [3.63, 3.8) is 0 Å². The molecule has 7 heteroatoms. The van der Waals surface area contributed by atoms with E-state index in [2.05, 4.69) is 4.99 Å². The number of hydrogen-bond acceptors (Lipinski definition) is 6. The summed E-state index contributed by atoms with van der Waals surface area (Å²) < 4.78 is 12.9. The van der Waals surface area contributed by atoms with Crippen molar-refractivity contribution in [2.75, 3.05) is 7.11 Å². The molecule has 0 amide bonds. The molecule has 0 bridgehead atoms. The second-order valence-electron chi connectivity index (χ2n) is 7.72. The van der Waals surface area contributed by atoms with Crippen LogP contribution in [0.5, 0.6) is 5.75 Å². The second kappa shape index (κ2) is 8.96. The van der Waals surface area contributed by atoms with E-state index < -0.39 is 12.0 Å². The summed E-state index contributed by atoms with van der Waals surface area (Å²) in [5.74, 6) is 0.219. The molecule has 0 aliphatic carbocycles. The summed E-state index contributed by atoms with van der Waals surface area (Å²) in [5, 5.41) is 0. The molecular formula is C25H24N2O4S. The van der Waals surface area contributed by atoms with Crippen LogP contribution in [0.25, 0.3) is 6.08 Å². The van der Waals surface area contributed by atoms with Gasteiger partial charge in [-0.15, -0.1) is 0 Å². The van der Waals surface area contributed by atoms with Crippen LogP contribution in [0.4, 0.5) is 0 Å². The minimum absolute atomic E-state index is 0.194. The van der Waals surface area contributed by atoms with Gasteiger partial charge in [0.1, 0.15) is 5.75 Å². The number of esters is 1. The van der Waals surface area contributed by atoms with E-state index in [-0.39, 0.29) is 11.7 Å². The molecule has 1 aromatic heterocycles. The number of carbonyl (C=O) groups excluding carboxylic acids is 1. The van der Waals surface area contributed by atoms with Crippen molar-refractivity contribution >= 4 is 23.4 Å². The number of nitrogens with zero attached hydrogens (tertiary/aromatic N) is 2. The normalized spacial score (nSPS) is 16.0. The molecule has 2 aromatic carbocycles. The number of hydrogen-bond donors (Lipinski definition) is 0. The Morgan fingerprint density at radius 1 is 1.12 bits per heavy atom. The number of aromatic nitrogens is 1. The molecule has 1 aliphatic rings.